The molecule has 0 aromatic heterocycles. The molecule has 5 heteroatoms. The van der Waals surface area contributed by atoms with Gasteiger partial charge in [-0.2, -0.15) is 0 Å². The molecule has 1 unspecified atom stereocenters. The average molecular weight is 309 g/mol. The number of hydrogen-bond donors (Lipinski definition) is 0. The van der Waals surface area contributed by atoms with Crippen LogP contribution in [0.2, 0.25) is 0 Å². The molecule has 0 bridgehead atoms. The van der Waals surface area contributed by atoms with Crippen LogP contribution >= 0.6 is 11.8 Å². The van der Waals surface area contributed by atoms with Gasteiger partial charge in [0.2, 0.25) is 5.91 Å². The summed E-state index contributed by atoms with van der Waals surface area (Å²) in [4.78, 5) is 14.0. The van der Waals surface area contributed by atoms with Gasteiger partial charge < -0.3 is 14.4 Å². The monoisotopic (exact) mass is 309 g/mol. The van der Waals surface area contributed by atoms with Gasteiger partial charge in [0.05, 0.1) is 19.0 Å². The molecule has 1 aliphatic heterocycles. The molecule has 1 aromatic rings. The first kappa shape index (κ1) is 16.2. The van der Waals surface area contributed by atoms with Crippen LogP contribution in [-0.2, 0) is 9.53 Å². The number of carbonyl (C=O) groups excluding carboxylic acids is 1. The van der Waals surface area contributed by atoms with Gasteiger partial charge in [-0.1, -0.05) is 12.1 Å². The zero-order valence-electron chi connectivity index (χ0n) is 12.9. The van der Waals surface area contributed by atoms with E-state index in [1.54, 1.807) is 18.9 Å². The highest BCUT2D eigenvalue weighted by Crippen LogP contribution is 2.39. The van der Waals surface area contributed by atoms with Gasteiger partial charge in [0, 0.05) is 13.2 Å². The van der Waals surface area contributed by atoms with Crippen molar-refractivity contribution in [2.75, 3.05) is 26.0 Å². The third-order valence-electron chi connectivity index (χ3n) is 3.34. The second-order valence-electron chi connectivity index (χ2n) is 5.30. The van der Waals surface area contributed by atoms with Gasteiger partial charge >= 0.3 is 0 Å². The van der Waals surface area contributed by atoms with Gasteiger partial charge in [-0.05, 0) is 38.0 Å². The number of amides is 1. The highest BCUT2D eigenvalue weighted by Gasteiger charge is 2.32. The standard InChI is InChI=1S/C16H23NO3S/c1-12(2)20-9-5-8-17-15(18)11-21-16(17)13-6-4-7-14(10-13)19-3/h4,6-7,10,12,16H,5,8-9,11H2,1-3H3. The topological polar surface area (TPSA) is 38.8 Å². The molecule has 1 aliphatic rings. The number of thioether (sulfide) groups is 1. The lowest BCUT2D eigenvalue weighted by Crippen LogP contribution is -2.30. The summed E-state index contributed by atoms with van der Waals surface area (Å²) in [6.07, 6.45) is 1.10. The molecule has 0 saturated carbocycles. The molecule has 0 spiro atoms. The normalized spacial score (nSPS) is 18.6. The summed E-state index contributed by atoms with van der Waals surface area (Å²) >= 11 is 1.68. The average Bonchev–Trinajstić information content (AvgIpc) is 2.84. The first-order chi connectivity index (χ1) is 10.1. The van der Waals surface area contributed by atoms with Crippen LogP contribution in [0.3, 0.4) is 0 Å². The Morgan fingerprint density at radius 1 is 1.43 bits per heavy atom. The predicted molar refractivity (Wildman–Crippen MR) is 85.6 cm³/mol. The van der Waals surface area contributed by atoms with Crippen molar-refractivity contribution in [3.63, 3.8) is 0 Å². The Labute approximate surface area is 130 Å². The maximum Gasteiger partial charge on any atom is 0.233 e. The summed E-state index contributed by atoms with van der Waals surface area (Å²) < 4.78 is 10.8. The summed E-state index contributed by atoms with van der Waals surface area (Å²) in [7, 11) is 1.66. The number of methoxy groups -OCH3 is 1. The van der Waals surface area contributed by atoms with Crippen molar-refractivity contribution in [1.82, 2.24) is 4.90 Å². The van der Waals surface area contributed by atoms with Crippen molar-refractivity contribution in [3.05, 3.63) is 29.8 Å². The van der Waals surface area contributed by atoms with Crippen LogP contribution in [0.1, 0.15) is 31.2 Å². The summed E-state index contributed by atoms with van der Waals surface area (Å²) in [6, 6.07) is 7.95. The van der Waals surface area contributed by atoms with Gasteiger partial charge in [-0.25, -0.2) is 0 Å². The lowest BCUT2D eigenvalue weighted by Gasteiger charge is -2.24. The van der Waals surface area contributed by atoms with Crippen molar-refractivity contribution < 1.29 is 14.3 Å². The summed E-state index contributed by atoms with van der Waals surface area (Å²) in [6.45, 7) is 5.48. The van der Waals surface area contributed by atoms with Crippen LogP contribution in [0.25, 0.3) is 0 Å². The van der Waals surface area contributed by atoms with E-state index < -0.39 is 0 Å². The smallest absolute Gasteiger partial charge is 0.233 e. The van der Waals surface area contributed by atoms with E-state index in [-0.39, 0.29) is 17.4 Å². The van der Waals surface area contributed by atoms with E-state index in [9.17, 15) is 4.79 Å². The minimum atomic E-state index is 0.0895. The number of carbonyl (C=O) groups is 1. The van der Waals surface area contributed by atoms with Gasteiger partial charge in [-0.3, -0.25) is 4.79 Å². The van der Waals surface area contributed by atoms with Crippen molar-refractivity contribution in [2.24, 2.45) is 0 Å². The van der Waals surface area contributed by atoms with E-state index >= 15 is 0 Å². The highest BCUT2D eigenvalue weighted by atomic mass is 32.2. The molecule has 1 fully saturated rings. The molecule has 116 valence electrons. The number of rotatable bonds is 7. The molecule has 4 nitrogen and oxygen atoms in total. The van der Waals surface area contributed by atoms with E-state index in [1.807, 2.05) is 36.9 Å². The number of hydrogen-bond acceptors (Lipinski definition) is 4. The van der Waals surface area contributed by atoms with Crippen molar-refractivity contribution in [1.29, 1.82) is 0 Å². The van der Waals surface area contributed by atoms with Crippen LogP contribution < -0.4 is 4.74 Å². The van der Waals surface area contributed by atoms with Crippen LogP contribution in [0.5, 0.6) is 5.75 Å². The molecule has 1 amide bonds. The molecule has 1 aromatic carbocycles. The first-order valence-corrected chi connectivity index (χ1v) is 8.33. The number of benzene rings is 1. The summed E-state index contributed by atoms with van der Waals surface area (Å²) in [5.74, 6) is 1.58. The lowest BCUT2D eigenvalue weighted by molar-refractivity contribution is -0.128. The number of ether oxygens (including phenoxy) is 2. The fourth-order valence-electron chi connectivity index (χ4n) is 2.32. The molecular formula is C16H23NO3S. The maximum absolute atomic E-state index is 12.1. The van der Waals surface area contributed by atoms with Crippen LogP contribution in [0, 0.1) is 0 Å². The van der Waals surface area contributed by atoms with Crippen molar-refractivity contribution in [2.45, 2.75) is 31.7 Å². The maximum atomic E-state index is 12.1. The first-order valence-electron chi connectivity index (χ1n) is 7.28. The minimum absolute atomic E-state index is 0.0895. The molecule has 0 aliphatic carbocycles. The molecule has 21 heavy (non-hydrogen) atoms. The minimum Gasteiger partial charge on any atom is -0.497 e. The van der Waals surface area contributed by atoms with Crippen LogP contribution in [0.15, 0.2) is 24.3 Å². The quantitative estimate of drug-likeness (QED) is 0.726. The molecule has 1 atom stereocenters. The zero-order valence-corrected chi connectivity index (χ0v) is 13.7. The van der Waals surface area contributed by atoms with Crippen molar-refractivity contribution in [3.8, 4) is 5.75 Å². The third kappa shape index (κ3) is 4.38. The largest absolute Gasteiger partial charge is 0.497 e. The predicted octanol–water partition coefficient (Wildman–Crippen LogP) is 3.08. The fourth-order valence-corrected chi connectivity index (χ4v) is 3.53. The third-order valence-corrected chi connectivity index (χ3v) is 4.60. The molecule has 2 rings (SSSR count). The summed E-state index contributed by atoms with van der Waals surface area (Å²) in [5.41, 5.74) is 1.12. The van der Waals surface area contributed by atoms with Gasteiger partial charge in [-0.15, -0.1) is 11.8 Å². The molecule has 0 N–H and O–H groups in total. The Morgan fingerprint density at radius 2 is 2.24 bits per heavy atom. The SMILES string of the molecule is COc1cccc(C2SCC(=O)N2CCCOC(C)C)c1. The molecule has 1 heterocycles. The van der Waals surface area contributed by atoms with Gasteiger partial charge in [0.15, 0.2) is 0 Å². The van der Waals surface area contributed by atoms with Gasteiger partial charge in [0.25, 0.3) is 0 Å². The Kier molecular flexibility index (Phi) is 5.94. The van der Waals surface area contributed by atoms with E-state index in [4.69, 9.17) is 9.47 Å². The Balaban J connectivity index is 1.98. The van der Waals surface area contributed by atoms with Crippen molar-refractivity contribution >= 4 is 17.7 Å². The van der Waals surface area contributed by atoms with E-state index in [0.29, 0.717) is 12.4 Å². The Bertz CT molecular complexity index is 478. The molecule has 1 saturated heterocycles. The number of nitrogens with zero attached hydrogens (tertiary/aromatic N) is 1. The van der Waals surface area contributed by atoms with E-state index in [1.165, 1.54) is 0 Å². The second-order valence-corrected chi connectivity index (χ2v) is 6.37. The second kappa shape index (κ2) is 7.71. The molecule has 0 radical (unpaired) electrons. The highest BCUT2D eigenvalue weighted by molar-refractivity contribution is 8.00. The zero-order chi connectivity index (χ0) is 15.2. The van der Waals surface area contributed by atoms with Crippen LogP contribution in [-0.4, -0.2) is 42.9 Å². The fraction of sp³-hybridized carbons (Fsp3) is 0.562. The molecular weight excluding hydrogens is 286 g/mol. The lowest BCUT2D eigenvalue weighted by atomic mass is 10.2. The summed E-state index contributed by atoms with van der Waals surface area (Å²) in [5, 5.41) is 0.0895. The van der Waals surface area contributed by atoms with E-state index in [0.717, 1.165) is 24.3 Å². The van der Waals surface area contributed by atoms with Gasteiger partial charge in [0.1, 0.15) is 11.1 Å². The Hall–Kier alpha value is -1.20. The van der Waals surface area contributed by atoms with E-state index in [2.05, 4.69) is 6.07 Å². The Morgan fingerprint density at radius 3 is 2.95 bits per heavy atom. The van der Waals surface area contributed by atoms with Crippen LogP contribution in [0.4, 0.5) is 0 Å².